The Morgan fingerprint density at radius 2 is 1.77 bits per heavy atom. The SMILES string of the molecule is Cc1cc(OC2CCC(C(=O)O)CC2)ccc1C(=O)CCCNC(=O)c1ccc(C2CC2)c(Cl)c1. The van der Waals surface area contributed by atoms with Crippen molar-refractivity contribution in [2.24, 2.45) is 5.92 Å². The van der Waals surface area contributed by atoms with Crippen LogP contribution in [0.25, 0.3) is 0 Å². The maximum Gasteiger partial charge on any atom is 0.306 e. The molecule has 2 aliphatic rings. The standard InChI is InChI=1S/C28H32ClNO5/c1-17-15-22(35-21-9-6-19(7-10-21)28(33)34)11-13-23(17)26(31)3-2-14-30-27(32)20-8-12-24(18-4-5-18)25(29)16-20/h8,11-13,15-16,18-19,21H,2-7,9-10,14H2,1H3,(H,30,32)(H,33,34). The second kappa shape index (κ2) is 11.3. The van der Waals surface area contributed by atoms with E-state index in [0.717, 1.165) is 36.8 Å². The zero-order valence-corrected chi connectivity index (χ0v) is 20.8. The average molecular weight is 498 g/mol. The number of rotatable bonds is 10. The van der Waals surface area contributed by atoms with Gasteiger partial charge >= 0.3 is 5.97 Å². The van der Waals surface area contributed by atoms with Gasteiger partial charge in [0.25, 0.3) is 5.91 Å². The summed E-state index contributed by atoms with van der Waals surface area (Å²) < 4.78 is 6.04. The highest BCUT2D eigenvalue weighted by Crippen LogP contribution is 2.43. The molecule has 0 radical (unpaired) electrons. The fraction of sp³-hybridized carbons (Fsp3) is 0.464. The van der Waals surface area contributed by atoms with E-state index in [-0.39, 0.29) is 23.7 Å². The van der Waals surface area contributed by atoms with Gasteiger partial charge in [-0.1, -0.05) is 17.7 Å². The molecule has 2 aromatic rings. The van der Waals surface area contributed by atoms with Crippen molar-refractivity contribution in [3.05, 3.63) is 63.7 Å². The van der Waals surface area contributed by atoms with Crippen LogP contribution in [0.1, 0.15) is 89.1 Å². The second-order valence-corrected chi connectivity index (χ2v) is 10.1. The lowest BCUT2D eigenvalue weighted by Crippen LogP contribution is -2.27. The normalized spacial score (nSPS) is 19.7. The first kappa shape index (κ1) is 25.2. The third-order valence-electron chi connectivity index (χ3n) is 6.97. The van der Waals surface area contributed by atoms with Crippen LogP contribution in [0.5, 0.6) is 5.75 Å². The smallest absolute Gasteiger partial charge is 0.306 e. The van der Waals surface area contributed by atoms with E-state index in [1.807, 2.05) is 25.1 Å². The number of halogens is 1. The van der Waals surface area contributed by atoms with Crippen LogP contribution in [-0.4, -0.2) is 35.4 Å². The highest BCUT2D eigenvalue weighted by molar-refractivity contribution is 6.31. The first-order chi connectivity index (χ1) is 16.8. The van der Waals surface area contributed by atoms with Crippen LogP contribution in [0.2, 0.25) is 5.02 Å². The van der Waals surface area contributed by atoms with Crippen LogP contribution in [0.15, 0.2) is 36.4 Å². The summed E-state index contributed by atoms with van der Waals surface area (Å²) in [5.74, 6) is 0.0875. The van der Waals surface area contributed by atoms with Gasteiger partial charge in [0.05, 0.1) is 12.0 Å². The molecule has 4 rings (SSSR count). The lowest BCUT2D eigenvalue weighted by atomic mass is 9.87. The number of ether oxygens (including phenoxy) is 1. The maximum absolute atomic E-state index is 12.7. The van der Waals surface area contributed by atoms with Gasteiger partial charge < -0.3 is 15.2 Å². The summed E-state index contributed by atoms with van der Waals surface area (Å²) in [6.07, 6.45) is 5.91. The van der Waals surface area contributed by atoms with E-state index < -0.39 is 5.97 Å². The molecule has 7 heteroatoms. The quantitative estimate of drug-likeness (QED) is 0.313. The van der Waals surface area contributed by atoms with E-state index in [9.17, 15) is 14.4 Å². The fourth-order valence-electron chi connectivity index (χ4n) is 4.72. The van der Waals surface area contributed by atoms with Gasteiger partial charge in [-0.3, -0.25) is 14.4 Å². The highest BCUT2D eigenvalue weighted by Gasteiger charge is 2.27. The lowest BCUT2D eigenvalue weighted by Gasteiger charge is -2.27. The summed E-state index contributed by atoms with van der Waals surface area (Å²) in [6.45, 7) is 2.30. The van der Waals surface area contributed by atoms with Gasteiger partial charge in [0.15, 0.2) is 5.78 Å². The van der Waals surface area contributed by atoms with Crippen LogP contribution < -0.4 is 10.1 Å². The number of ketones is 1. The van der Waals surface area contributed by atoms with E-state index in [1.165, 1.54) is 0 Å². The van der Waals surface area contributed by atoms with Crippen LogP contribution >= 0.6 is 11.6 Å². The summed E-state index contributed by atoms with van der Waals surface area (Å²) in [4.78, 5) is 36.2. The Labute approximate surface area is 211 Å². The summed E-state index contributed by atoms with van der Waals surface area (Å²) in [5.41, 5.74) is 3.15. The minimum Gasteiger partial charge on any atom is -0.490 e. The molecule has 2 N–H and O–H groups in total. The van der Waals surface area contributed by atoms with Crippen molar-refractivity contribution in [1.82, 2.24) is 5.32 Å². The summed E-state index contributed by atoms with van der Waals surface area (Å²) >= 11 is 6.32. The van der Waals surface area contributed by atoms with E-state index in [1.54, 1.807) is 18.2 Å². The average Bonchev–Trinajstić information content (AvgIpc) is 3.67. The predicted molar refractivity (Wildman–Crippen MR) is 135 cm³/mol. The topological polar surface area (TPSA) is 92.7 Å². The predicted octanol–water partition coefficient (Wildman–Crippen LogP) is 5.94. The van der Waals surface area contributed by atoms with Crippen molar-refractivity contribution in [3.63, 3.8) is 0 Å². The first-order valence-electron chi connectivity index (χ1n) is 12.4. The molecule has 2 fully saturated rings. The molecule has 0 unspecified atom stereocenters. The van der Waals surface area contributed by atoms with E-state index in [0.29, 0.717) is 60.0 Å². The minimum absolute atomic E-state index is 0.00922. The van der Waals surface area contributed by atoms with Crippen molar-refractivity contribution in [3.8, 4) is 5.75 Å². The van der Waals surface area contributed by atoms with Crippen LogP contribution in [0.3, 0.4) is 0 Å². The number of aliphatic carboxylic acids is 1. The molecular formula is C28H32ClNO5. The molecule has 0 atom stereocenters. The number of hydrogen-bond donors (Lipinski definition) is 2. The van der Waals surface area contributed by atoms with Crippen molar-refractivity contribution >= 4 is 29.3 Å². The third-order valence-corrected chi connectivity index (χ3v) is 7.30. The Morgan fingerprint density at radius 3 is 2.40 bits per heavy atom. The van der Waals surface area contributed by atoms with Gasteiger partial charge in [0, 0.05) is 29.1 Å². The molecule has 0 aliphatic heterocycles. The number of nitrogens with one attached hydrogen (secondary N) is 1. The van der Waals surface area contributed by atoms with Gasteiger partial charge in [0.1, 0.15) is 5.75 Å². The molecule has 0 bridgehead atoms. The Hall–Kier alpha value is -2.86. The van der Waals surface area contributed by atoms with E-state index in [4.69, 9.17) is 21.4 Å². The number of amides is 1. The molecule has 35 heavy (non-hydrogen) atoms. The number of carboxylic acid groups (broad SMARTS) is 1. The molecule has 6 nitrogen and oxygen atoms in total. The Bertz CT molecular complexity index is 1100. The van der Waals surface area contributed by atoms with Gasteiger partial charge in [-0.15, -0.1) is 0 Å². The van der Waals surface area contributed by atoms with Gasteiger partial charge in [-0.05, 0) is 99.2 Å². The monoisotopic (exact) mass is 497 g/mol. The zero-order valence-electron chi connectivity index (χ0n) is 20.0. The second-order valence-electron chi connectivity index (χ2n) is 9.70. The number of carbonyl (C=O) groups excluding carboxylic acids is 2. The molecule has 2 saturated carbocycles. The minimum atomic E-state index is -0.728. The molecule has 186 valence electrons. The van der Waals surface area contributed by atoms with Gasteiger partial charge in [-0.25, -0.2) is 0 Å². The maximum atomic E-state index is 12.7. The number of Topliss-reactive ketones (excluding diaryl/α,β-unsaturated/α-hetero) is 1. The first-order valence-corrected chi connectivity index (χ1v) is 12.8. The zero-order chi connectivity index (χ0) is 24.9. The molecule has 2 aromatic carbocycles. The molecule has 1 amide bonds. The number of carboxylic acids is 1. The number of carbonyl (C=O) groups is 3. The van der Waals surface area contributed by atoms with Gasteiger partial charge in [0.2, 0.25) is 0 Å². The molecule has 0 aromatic heterocycles. The summed E-state index contributed by atoms with van der Waals surface area (Å²) in [7, 11) is 0. The highest BCUT2D eigenvalue weighted by atomic mass is 35.5. The number of benzene rings is 2. The van der Waals surface area contributed by atoms with E-state index in [2.05, 4.69) is 5.32 Å². The molecular weight excluding hydrogens is 466 g/mol. The number of hydrogen-bond acceptors (Lipinski definition) is 4. The van der Waals surface area contributed by atoms with Crippen molar-refractivity contribution in [2.45, 2.75) is 70.3 Å². The molecule has 0 heterocycles. The fourth-order valence-corrected chi connectivity index (χ4v) is 5.06. The largest absolute Gasteiger partial charge is 0.490 e. The van der Waals surface area contributed by atoms with Crippen LogP contribution in [0, 0.1) is 12.8 Å². The van der Waals surface area contributed by atoms with Gasteiger partial charge in [-0.2, -0.15) is 0 Å². The third kappa shape index (κ3) is 6.63. The van der Waals surface area contributed by atoms with Crippen molar-refractivity contribution in [1.29, 1.82) is 0 Å². The summed E-state index contributed by atoms with van der Waals surface area (Å²) in [6, 6.07) is 10.9. The number of aryl methyl sites for hydroxylation is 1. The van der Waals surface area contributed by atoms with Crippen LogP contribution in [-0.2, 0) is 4.79 Å². The summed E-state index contributed by atoms with van der Waals surface area (Å²) in [5, 5.41) is 12.6. The van der Waals surface area contributed by atoms with Crippen molar-refractivity contribution in [2.75, 3.05) is 6.54 Å². The Morgan fingerprint density at radius 1 is 1.03 bits per heavy atom. The molecule has 2 aliphatic carbocycles. The van der Waals surface area contributed by atoms with Crippen molar-refractivity contribution < 1.29 is 24.2 Å². The lowest BCUT2D eigenvalue weighted by molar-refractivity contribution is -0.143. The van der Waals surface area contributed by atoms with Crippen LogP contribution in [0.4, 0.5) is 0 Å². The molecule has 0 spiro atoms. The van der Waals surface area contributed by atoms with E-state index >= 15 is 0 Å². The Balaban J connectivity index is 1.21. The molecule has 0 saturated heterocycles. The Kier molecular flexibility index (Phi) is 8.11.